The molecule has 6 N–H and O–H groups in total. The van der Waals surface area contributed by atoms with Crippen molar-refractivity contribution in [1.82, 2.24) is 9.97 Å². The van der Waals surface area contributed by atoms with E-state index in [4.69, 9.17) is 23.1 Å². The first-order valence-corrected chi connectivity index (χ1v) is 7.38. The van der Waals surface area contributed by atoms with Gasteiger partial charge in [-0.25, -0.2) is 14.8 Å². The van der Waals surface area contributed by atoms with E-state index in [0.29, 0.717) is 12.4 Å². The molecule has 0 fully saturated rings. The zero-order chi connectivity index (χ0) is 16.9. The molecule has 0 saturated carbocycles. The Bertz CT molecular complexity index is 683. The largest absolute Gasteiger partial charge is 0.479 e. The lowest BCUT2D eigenvalue weighted by atomic mass is 10.0. The summed E-state index contributed by atoms with van der Waals surface area (Å²) >= 11 is 5.93. The lowest BCUT2D eigenvalue weighted by Gasteiger charge is -2.21. The fraction of sp³-hybridized carbons (Fsp3) is 0.267. The monoisotopic (exact) mass is 335 g/mol. The molecule has 1 aromatic heterocycles. The van der Waals surface area contributed by atoms with Crippen LogP contribution in [0.2, 0.25) is 5.15 Å². The van der Waals surface area contributed by atoms with Crippen molar-refractivity contribution in [3.05, 3.63) is 52.9 Å². The highest BCUT2D eigenvalue weighted by atomic mass is 35.5. The van der Waals surface area contributed by atoms with Crippen LogP contribution < -0.4 is 16.8 Å². The van der Waals surface area contributed by atoms with Crippen molar-refractivity contribution < 1.29 is 9.90 Å². The molecule has 0 amide bonds. The molecule has 0 saturated heterocycles. The van der Waals surface area contributed by atoms with Crippen LogP contribution in [0.1, 0.15) is 11.4 Å². The number of nitrogens with one attached hydrogen (secondary N) is 1. The molecule has 8 heteroatoms. The molecule has 1 aromatic carbocycles. The summed E-state index contributed by atoms with van der Waals surface area (Å²) in [6, 6.07) is 11.4. The average Bonchev–Trinajstić information content (AvgIpc) is 2.54. The van der Waals surface area contributed by atoms with Crippen molar-refractivity contribution in [1.29, 1.82) is 0 Å². The number of anilines is 1. The first kappa shape index (κ1) is 17.1. The fourth-order valence-corrected chi connectivity index (χ4v) is 2.14. The molecule has 1 atom stereocenters. The summed E-state index contributed by atoms with van der Waals surface area (Å²) in [4.78, 5) is 19.4. The van der Waals surface area contributed by atoms with Crippen LogP contribution in [0.25, 0.3) is 0 Å². The predicted octanol–water partition coefficient (Wildman–Crippen LogP) is 0.982. The Balaban J connectivity index is 2.13. The first-order valence-electron chi connectivity index (χ1n) is 7.01. The molecule has 0 unspecified atom stereocenters. The van der Waals surface area contributed by atoms with E-state index in [1.165, 1.54) is 11.6 Å². The summed E-state index contributed by atoms with van der Waals surface area (Å²) in [7, 11) is 0. The molecule has 23 heavy (non-hydrogen) atoms. The van der Waals surface area contributed by atoms with Crippen molar-refractivity contribution in [3.63, 3.8) is 0 Å². The van der Waals surface area contributed by atoms with Crippen LogP contribution in [-0.2, 0) is 16.8 Å². The number of rotatable bonds is 7. The zero-order valence-electron chi connectivity index (χ0n) is 12.4. The lowest BCUT2D eigenvalue weighted by Crippen LogP contribution is -2.52. The Morgan fingerprint density at radius 1 is 1.30 bits per heavy atom. The van der Waals surface area contributed by atoms with Gasteiger partial charge in [-0.2, -0.15) is 0 Å². The van der Waals surface area contributed by atoms with Crippen LogP contribution in [-0.4, -0.2) is 34.1 Å². The number of carboxylic acid groups (broad SMARTS) is 1. The van der Waals surface area contributed by atoms with Crippen LogP contribution in [0.3, 0.4) is 0 Å². The summed E-state index contributed by atoms with van der Waals surface area (Å²) in [5.41, 5.74) is 10.5. The Morgan fingerprint density at radius 3 is 2.61 bits per heavy atom. The summed E-state index contributed by atoms with van der Waals surface area (Å²) in [5, 5.41) is 12.4. The normalized spacial score (nSPS) is 13.3. The smallest absolute Gasteiger partial charge is 0.333 e. The maximum absolute atomic E-state index is 11.3. The van der Waals surface area contributed by atoms with E-state index in [2.05, 4.69) is 15.3 Å². The van der Waals surface area contributed by atoms with Crippen LogP contribution in [0, 0.1) is 0 Å². The topological polar surface area (TPSA) is 127 Å². The van der Waals surface area contributed by atoms with Gasteiger partial charge in [0.15, 0.2) is 11.4 Å². The quantitative estimate of drug-likeness (QED) is 0.555. The molecular formula is C15H18ClN5O2. The molecular weight excluding hydrogens is 318 g/mol. The van der Waals surface area contributed by atoms with E-state index in [1.54, 1.807) is 0 Å². The standard InChI is InChI=1S/C15H18ClN5O2/c16-11-8-12(19-7-6-10-4-2-1-3-5-10)21-13(20-11)15(18,9-17)14(22)23/h1-5,8H,6-7,9,17-18H2,(H,22,23)(H,19,20,21)/t15-/m0/s1. The number of aromatic nitrogens is 2. The van der Waals surface area contributed by atoms with E-state index in [9.17, 15) is 9.90 Å². The molecule has 0 radical (unpaired) electrons. The van der Waals surface area contributed by atoms with Gasteiger partial charge >= 0.3 is 5.97 Å². The van der Waals surface area contributed by atoms with E-state index in [1.807, 2.05) is 30.3 Å². The Morgan fingerprint density at radius 2 is 2.00 bits per heavy atom. The number of carboxylic acids is 1. The third kappa shape index (κ3) is 4.16. The lowest BCUT2D eigenvalue weighted by molar-refractivity contribution is -0.143. The minimum Gasteiger partial charge on any atom is -0.479 e. The number of hydrogen-bond acceptors (Lipinski definition) is 6. The number of nitrogens with two attached hydrogens (primary N) is 2. The minimum absolute atomic E-state index is 0.0988. The highest BCUT2D eigenvalue weighted by molar-refractivity contribution is 6.29. The van der Waals surface area contributed by atoms with E-state index in [0.717, 1.165) is 6.42 Å². The van der Waals surface area contributed by atoms with Crippen molar-refractivity contribution >= 4 is 23.4 Å². The number of nitrogens with zero attached hydrogens (tertiary/aromatic N) is 2. The summed E-state index contributed by atoms with van der Waals surface area (Å²) in [5.74, 6) is -1.03. The molecule has 0 aliphatic carbocycles. The Hall–Kier alpha value is -2.22. The van der Waals surface area contributed by atoms with Gasteiger partial charge in [-0.15, -0.1) is 0 Å². The maximum atomic E-state index is 11.3. The third-order valence-electron chi connectivity index (χ3n) is 3.36. The number of hydrogen-bond donors (Lipinski definition) is 4. The third-order valence-corrected chi connectivity index (χ3v) is 3.55. The van der Waals surface area contributed by atoms with Crippen molar-refractivity contribution in [2.45, 2.75) is 12.0 Å². The highest BCUT2D eigenvalue weighted by Crippen LogP contribution is 2.19. The van der Waals surface area contributed by atoms with Gasteiger partial charge in [0.25, 0.3) is 0 Å². The second kappa shape index (κ2) is 7.36. The number of carbonyl (C=O) groups is 1. The molecule has 1 heterocycles. The molecule has 0 aliphatic rings. The average molecular weight is 336 g/mol. The summed E-state index contributed by atoms with van der Waals surface area (Å²) < 4.78 is 0. The summed E-state index contributed by atoms with van der Waals surface area (Å²) in [6.07, 6.45) is 0.779. The van der Waals surface area contributed by atoms with Crippen LogP contribution in [0.5, 0.6) is 0 Å². The van der Waals surface area contributed by atoms with E-state index in [-0.39, 0.29) is 17.5 Å². The van der Waals surface area contributed by atoms with Crippen LogP contribution in [0.15, 0.2) is 36.4 Å². The molecule has 2 rings (SSSR count). The van der Waals surface area contributed by atoms with E-state index < -0.39 is 11.5 Å². The second-order valence-electron chi connectivity index (χ2n) is 5.04. The molecule has 0 aliphatic heterocycles. The second-order valence-corrected chi connectivity index (χ2v) is 5.43. The molecule has 0 spiro atoms. The first-order chi connectivity index (χ1) is 11.0. The minimum atomic E-state index is -1.87. The van der Waals surface area contributed by atoms with Gasteiger partial charge in [-0.3, -0.25) is 0 Å². The van der Waals surface area contributed by atoms with E-state index >= 15 is 0 Å². The van der Waals surface area contributed by atoms with Crippen LogP contribution in [0.4, 0.5) is 5.82 Å². The Kier molecular flexibility index (Phi) is 5.49. The van der Waals surface area contributed by atoms with Crippen LogP contribution >= 0.6 is 11.6 Å². The summed E-state index contributed by atoms with van der Waals surface area (Å²) in [6.45, 7) is 0.260. The maximum Gasteiger partial charge on any atom is 0.333 e. The van der Waals surface area contributed by atoms with Crippen molar-refractivity contribution in [2.75, 3.05) is 18.4 Å². The van der Waals surface area contributed by atoms with Gasteiger partial charge < -0.3 is 21.9 Å². The molecule has 7 nitrogen and oxygen atoms in total. The number of aliphatic carboxylic acids is 1. The Labute approximate surface area is 138 Å². The zero-order valence-corrected chi connectivity index (χ0v) is 13.1. The molecule has 2 aromatic rings. The van der Waals surface area contributed by atoms with Gasteiger partial charge in [-0.1, -0.05) is 41.9 Å². The van der Waals surface area contributed by atoms with Gasteiger partial charge in [0.2, 0.25) is 0 Å². The number of benzene rings is 1. The van der Waals surface area contributed by atoms with Gasteiger partial charge in [0.05, 0.1) is 0 Å². The SMILES string of the molecule is NC[C@@](N)(C(=O)O)c1nc(Cl)cc(NCCc2ccccc2)n1. The van der Waals surface area contributed by atoms with Gasteiger partial charge in [0, 0.05) is 19.2 Å². The molecule has 0 bridgehead atoms. The van der Waals surface area contributed by atoms with Crippen molar-refractivity contribution in [3.8, 4) is 0 Å². The molecule has 122 valence electrons. The predicted molar refractivity (Wildman–Crippen MR) is 88.2 cm³/mol. The van der Waals surface area contributed by atoms with Gasteiger partial charge in [0.1, 0.15) is 11.0 Å². The van der Waals surface area contributed by atoms with Crippen molar-refractivity contribution in [2.24, 2.45) is 11.5 Å². The number of halogens is 1. The highest BCUT2D eigenvalue weighted by Gasteiger charge is 2.38. The van der Waals surface area contributed by atoms with Gasteiger partial charge in [-0.05, 0) is 12.0 Å². The fourth-order valence-electron chi connectivity index (χ4n) is 1.96.